The molecule has 2 amide bonds. The van der Waals surface area contributed by atoms with Crippen molar-refractivity contribution in [3.63, 3.8) is 0 Å². The molecule has 0 fully saturated rings. The maximum absolute atomic E-state index is 12.0. The van der Waals surface area contributed by atoms with E-state index in [0.29, 0.717) is 17.9 Å². The van der Waals surface area contributed by atoms with Crippen LogP contribution in [0.1, 0.15) is 5.69 Å². The zero-order valence-electron chi connectivity index (χ0n) is 13.8. The molecule has 0 aliphatic rings. The molecule has 0 atom stereocenters. The Labute approximate surface area is 154 Å². The van der Waals surface area contributed by atoms with Crippen molar-refractivity contribution in [2.45, 2.75) is 10.8 Å². The topological polar surface area (TPSA) is 80.3 Å². The Morgan fingerprint density at radius 3 is 2.76 bits per heavy atom. The molecule has 0 spiro atoms. The predicted molar refractivity (Wildman–Crippen MR) is 101 cm³/mol. The van der Waals surface area contributed by atoms with Gasteiger partial charge in [0, 0.05) is 17.6 Å². The van der Waals surface area contributed by atoms with E-state index in [-0.39, 0.29) is 24.0 Å². The lowest BCUT2D eigenvalue weighted by molar-refractivity contribution is -0.120. The number of hydrogen-bond donors (Lipinski definition) is 2. The van der Waals surface area contributed by atoms with Gasteiger partial charge in [0.15, 0.2) is 4.34 Å². The smallest absolute Gasteiger partial charge is 0.234 e. The highest BCUT2D eigenvalue weighted by molar-refractivity contribution is 8.01. The van der Waals surface area contributed by atoms with E-state index in [0.717, 1.165) is 10.1 Å². The fourth-order valence-electron chi connectivity index (χ4n) is 1.85. The number of methoxy groups -OCH3 is 1. The summed E-state index contributed by atoms with van der Waals surface area (Å²) in [7, 11) is 1.59. The number of nitrogens with zero attached hydrogens (tertiary/aromatic N) is 1. The normalized spacial score (nSPS) is 10.1. The van der Waals surface area contributed by atoms with E-state index in [1.165, 1.54) is 23.1 Å². The number of carbonyl (C=O) groups is 2. The summed E-state index contributed by atoms with van der Waals surface area (Å²) in [5.41, 5.74) is 1.41. The third kappa shape index (κ3) is 6.60. The molecule has 1 aromatic heterocycles. The number of thioether (sulfide) groups is 1. The van der Waals surface area contributed by atoms with Crippen LogP contribution in [0.4, 0.5) is 5.69 Å². The van der Waals surface area contributed by atoms with Crippen LogP contribution in [-0.2, 0) is 16.0 Å². The second kappa shape index (κ2) is 9.85. The molecule has 0 saturated heterocycles. The summed E-state index contributed by atoms with van der Waals surface area (Å²) in [5, 5.41) is 7.35. The van der Waals surface area contributed by atoms with Crippen LogP contribution in [0.2, 0.25) is 0 Å². The van der Waals surface area contributed by atoms with Crippen molar-refractivity contribution in [3.8, 4) is 5.75 Å². The number of amides is 2. The standard InChI is InChI=1S/C17H19N3O3S2/c1-3-8-18-15(21)9-13-10-24-17(20-13)25-11-16(22)19-12-4-6-14(23-2)7-5-12/h3-7,10H,1,8-9,11H2,2H3,(H,18,21)(H,19,22). The van der Waals surface area contributed by atoms with E-state index >= 15 is 0 Å². The summed E-state index contributed by atoms with van der Waals surface area (Å²) in [6.07, 6.45) is 1.85. The summed E-state index contributed by atoms with van der Waals surface area (Å²) >= 11 is 2.77. The largest absolute Gasteiger partial charge is 0.497 e. The predicted octanol–water partition coefficient (Wildman–Crippen LogP) is 2.73. The van der Waals surface area contributed by atoms with Gasteiger partial charge >= 0.3 is 0 Å². The lowest BCUT2D eigenvalue weighted by Crippen LogP contribution is -2.25. The molecule has 1 heterocycles. The van der Waals surface area contributed by atoms with Gasteiger partial charge in [-0.2, -0.15) is 0 Å². The molecule has 25 heavy (non-hydrogen) atoms. The minimum Gasteiger partial charge on any atom is -0.497 e. The number of rotatable bonds is 9. The van der Waals surface area contributed by atoms with Gasteiger partial charge in [0.2, 0.25) is 11.8 Å². The summed E-state index contributed by atoms with van der Waals surface area (Å²) in [5.74, 6) is 0.774. The van der Waals surface area contributed by atoms with E-state index in [9.17, 15) is 9.59 Å². The first kappa shape index (κ1) is 19.0. The second-order valence-corrected chi connectivity index (χ2v) is 7.02. The highest BCUT2D eigenvalue weighted by Crippen LogP contribution is 2.23. The Balaban J connectivity index is 1.77. The van der Waals surface area contributed by atoms with Crippen LogP contribution in [0.15, 0.2) is 46.6 Å². The Morgan fingerprint density at radius 1 is 1.32 bits per heavy atom. The van der Waals surface area contributed by atoms with Gasteiger partial charge in [0.1, 0.15) is 5.75 Å². The molecule has 2 aromatic rings. The van der Waals surface area contributed by atoms with Crippen LogP contribution in [-0.4, -0.2) is 36.2 Å². The van der Waals surface area contributed by atoms with Crippen molar-refractivity contribution in [2.24, 2.45) is 0 Å². The van der Waals surface area contributed by atoms with Gasteiger partial charge in [0.05, 0.1) is 25.0 Å². The Morgan fingerprint density at radius 2 is 2.08 bits per heavy atom. The third-order valence-electron chi connectivity index (χ3n) is 3.02. The highest BCUT2D eigenvalue weighted by Gasteiger charge is 2.10. The first-order chi connectivity index (χ1) is 12.1. The molecule has 0 unspecified atom stereocenters. The molecule has 2 rings (SSSR count). The van der Waals surface area contributed by atoms with Gasteiger partial charge in [-0.1, -0.05) is 17.8 Å². The lowest BCUT2D eigenvalue weighted by Gasteiger charge is -2.05. The number of thiazole rings is 1. The molecule has 1 aromatic carbocycles. The number of hydrogen-bond acceptors (Lipinski definition) is 6. The van der Waals surface area contributed by atoms with E-state index < -0.39 is 0 Å². The number of ether oxygens (including phenoxy) is 1. The molecule has 0 saturated carbocycles. The van der Waals surface area contributed by atoms with Gasteiger partial charge in [-0.3, -0.25) is 9.59 Å². The molecule has 2 N–H and O–H groups in total. The van der Waals surface area contributed by atoms with Gasteiger partial charge in [-0.25, -0.2) is 4.98 Å². The fraction of sp³-hybridized carbons (Fsp3) is 0.235. The van der Waals surface area contributed by atoms with E-state index in [1.807, 2.05) is 5.38 Å². The fourth-order valence-corrected chi connectivity index (χ4v) is 3.49. The van der Waals surface area contributed by atoms with Crippen molar-refractivity contribution in [1.82, 2.24) is 10.3 Å². The van der Waals surface area contributed by atoms with E-state index in [2.05, 4.69) is 22.2 Å². The quantitative estimate of drug-likeness (QED) is 0.519. The number of nitrogens with one attached hydrogen (secondary N) is 2. The van der Waals surface area contributed by atoms with E-state index in [4.69, 9.17) is 4.74 Å². The summed E-state index contributed by atoms with van der Waals surface area (Å²) in [4.78, 5) is 28.0. The minimum absolute atomic E-state index is 0.0981. The molecule has 0 aliphatic heterocycles. The highest BCUT2D eigenvalue weighted by atomic mass is 32.2. The Kier molecular flexibility index (Phi) is 7.49. The average Bonchev–Trinajstić information content (AvgIpc) is 3.06. The molecule has 6 nitrogen and oxygen atoms in total. The maximum Gasteiger partial charge on any atom is 0.234 e. The van der Waals surface area contributed by atoms with Gasteiger partial charge in [-0.15, -0.1) is 17.9 Å². The summed E-state index contributed by atoms with van der Waals surface area (Å²) < 4.78 is 5.83. The van der Waals surface area contributed by atoms with Gasteiger partial charge in [-0.05, 0) is 24.3 Å². The van der Waals surface area contributed by atoms with Crippen molar-refractivity contribution in [1.29, 1.82) is 0 Å². The van der Waals surface area contributed by atoms with Crippen molar-refractivity contribution < 1.29 is 14.3 Å². The summed E-state index contributed by atoms with van der Waals surface area (Å²) in [6.45, 7) is 3.99. The Bertz CT molecular complexity index is 729. The number of benzene rings is 1. The molecule has 132 valence electrons. The van der Waals surface area contributed by atoms with Crippen LogP contribution in [0, 0.1) is 0 Å². The number of aromatic nitrogens is 1. The molecular formula is C17H19N3O3S2. The number of carbonyl (C=O) groups excluding carboxylic acids is 2. The monoisotopic (exact) mass is 377 g/mol. The van der Waals surface area contributed by atoms with Crippen LogP contribution in [0.5, 0.6) is 5.75 Å². The number of anilines is 1. The van der Waals surface area contributed by atoms with E-state index in [1.54, 1.807) is 37.5 Å². The van der Waals surface area contributed by atoms with Gasteiger partial charge < -0.3 is 15.4 Å². The van der Waals surface area contributed by atoms with Gasteiger partial charge in [0.25, 0.3) is 0 Å². The molecule has 0 radical (unpaired) electrons. The zero-order valence-corrected chi connectivity index (χ0v) is 15.4. The summed E-state index contributed by atoms with van der Waals surface area (Å²) in [6, 6.07) is 7.13. The lowest BCUT2D eigenvalue weighted by atomic mass is 10.3. The minimum atomic E-state index is -0.115. The van der Waals surface area contributed by atoms with Crippen LogP contribution in [0.3, 0.4) is 0 Å². The Hall–Kier alpha value is -2.32. The zero-order chi connectivity index (χ0) is 18.1. The SMILES string of the molecule is C=CCNC(=O)Cc1csc(SCC(=O)Nc2ccc(OC)cc2)n1. The molecular weight excluding hydrogens is 358 g/mol. The third-order valence-corrected chi connectivity index (χ3v) is 5.09. The van der Waals surface area contributed by atoms with Crippen molar-refractivity contribution >= 4 is 40.6 Å². The second-order valence-electron chi connectivity index (χ2n) is 4.94. The van der Waals surface area contributed by atoms with Crippen LogP contribution >= 0.6 is 23.1 Å². The molecule has 0 aliphatic carbocycles. The molecule has 0 bridgehead atoms. The molecule has 8 heteroatoms. The van der Waals surface area contributed by atoms with Crippen LogP contribution in [0.25, 0.3) is 0 Å². The maximum atomic E-state index is 12.0. The first-order valence-corrected chi connectivity index (χ1v) is 9.36. The average molecular weight is 377 g/mol. The van der Waals surface area contributed by atoms with Crippen LogP contribution < -0.4 is 15.4 Å². The van der Waals surface area contributed by atoms with Crippen molar-refractivity contribution in [2.75, 3.05) is 24.7 Å². The van der Waals surface area contributed by atoms with Crippen molar-refractivity contribution in [3.05, 3.63) is 48.0 Å². The first-order valence-electron chi connectivity index (χ1n) is 7.49.